The highest BCUT2D eigenvalue weighted by Gasteiger charge is 2.14. The first kappa shape index (κ1) is 19.8. The Hall–Kier alpha value is -3.94. The van der Waals surface area contributed by atoms with Gasteiger partial charge in [0.15, 0.2) is 5.71 Å². The number of ether oxygens (including phenoxy) is 2. The third-order valence-electron chi connectivity index (χ3n) is 3.85. The lowest BCUT2D eigenvalue weighted by Gasteiger charge is -2.12. The van der Waals surface area contributed by atoms with Crippen LogP contribution in [0.25, 0.3) is 0 Å². The molecule has 0 radical (unpaired) electrons. The molecular weight excluding hydrogens is 372 g/mol. The second kappa shape index (κ2) is 9.84. The van der Waals surface area contributed by atoms with Crippen molar-refractivity contribution in [2.45, 2.75) is 6.61 Å². The first-order chi connectivity index (χ1) is 14.2. The summed E-state index contributed by atoms with van der Waals surface area (Å²) in [5.41, 5.74) is 1.63. The molecule has 1 aromatic heterocycles. The third-order valence-corrected chi connectivity index (χ3v) is 3.85. The number of hydrogen-bond donors (Lipinski definition) is 1. The van der Waals surface area contributed by atoms with Gasteiger partial charge in [0.2, 0.25) is 0 Å². The Kier molecular flexibility index (Phi) is 6.72. The van der Waals surface area contributed by atoms with Gasteiger partial charge >= 0.3 is 6.01 Å². The number of carbonyl (C=O) groups excluding carboxylic acids is 1. The summed E-state index contributed by atoms with van der Waals surface area (Å²) in [5, 5.41) is 6.31. The fourth-order valence-corrected chi connectivity index (χ4v) is 2.47. The molecule has 0 saturated heterocycles. The Bertz CT molecular complexity index is 975. The van der Waals surface area contributed by atoms with Crippen LogP contribution >= 0.6 is 0 Å². The van der Waals surface area contributed by atoms with E-state index in [-0.39, 0.29) is 18.2 Å². The molecule has 0 fully saturated rings. The van der Waals surface area contributed by atoms with Gasteiger partial charge in [0.25, 0.3) is 5.91 Å². The molecule has 2 aromatic carbocycles. The summed E-state index contributed by atoms with van der Waals surface area (Å²) in [6.45, 7) is 0.263. The zero-order valence-corrected chi connectivity index (χ0v) is 16.0. The fourth-order valence-electron chi connectivity index (χ4n) is 2.47. The van der Waals surface area contributed by atoms with E-state index in [2.05, 4.69) is 20.4 Å². The molecule has 0 atom stereocenters. The van der Waals surface area contributed by atoms with Crippen LogP contribution in [0.15, 0.2) is 72.1 Å². The highest BCUT2D eigenvalue weighted by molar-refractivity contribution is 6.45. The lowest BCUT2D eigenvalue weighted by molar-refractivity contribution is -0.114. The highest BCUT2D eigenvalue weighted by atomic mass is 16.6. The summed E-state index contributed by atoms with van der Waals surface area (Å²) in [6, 6.07) is 16.5. The van der Waals surface area contributed by atoms with Gasteiger partial charge in [0.1, 0.15) is 25.2 Å². The van der Waals surface area contributed by atoms with E-state index in [4.69, 9.17) is 14.3 Å². The van der Waals surface area contributed by atoms with Crippen molar-refractivity contribution in [1.82, 2.24) is 15.3 Å². The van der Waals surface area contributed by atoms with E-state index in [1.54, 1.807) is 42.7 Å². The minimum atomic E-state index is -0.342. The average Bonchev–Trinajstić information content (AvgIpc) is 2.78. The first-order valence-corrected chi connectivity index (χ1v) is 8.80. The topological polar surface area (TPSA) is 94.9 Å². The van der Waals surface area contributed by atoms with Crippen molar-refractivity contribution >= 4 is 11.6 Å². The predicted octanol–water partition coefficient (Wildman–Crippen LogP) is 2.94. The quantitative estimate of drug-likeness (QED) is 0.468. The Morgan fingerprint density at radius 3 is 2.45 bits per heavy atom. The predicted molar refractivity (Wildman–Crippen MR) is 107 cm³/mol. The zero-order valence-electron chi connectivity index (χ0n) is 16.0. The molecule has 0 aliphatic rings. The van der Waals surface area contributed by atoms with E-state index in [1.807, 2.05) is 24.3 Å². The molecule has 1 heterocycles. The summed E-state index contributed by atoms with van der Waals surface area (Å²) >= 11 is 0. The molecule has 0 bridgehead atoms. The van der Waals surface area contributed by atoms with Crippen LogP contribution in [0.4, 0.5) is 0 Å². The van der Waals surface area contributed by atoms with Gasteiger partial charge in [-0.15, -0.1) is 0 Å². The molecule has 1 amide bonds. The smallest absolute Gasteiger partial charge is 0.316 e. The molecular formula is C21H20N4O4. The molecule has 3 rings (SSSR count). The van der Waals surface area contributed by atoms with Gasteiger partial charge in [0, 0.05) is 30.6 Å². The number of oxime groups is 1. The first-order valence-electron chi connectivity index (χ1n) is 8.80. The SMILES string of the molecule is CNC(=O)/C(=N/OC)c1ccc(Oc2ccccc2COc2ncccn2)cc1. The number of para-hydroxylation sites is 1. The van der Waals surface area contributed by atoms with Gasteiger partial charge in [0.05, 0.1) is 0 Å². The second-order valence-corrected chi connectivity index (χ2v) is 5.76. The highest BCUT2D eigenvalue weighted by Crippen LogP contribution is 2.26. The van der Waals surface area contributed by atoms with Crippen molar-refractivity contribution in [2.75, 3.05) is 14.2 Å². The molecule has 0 saturated carbocycles. The number of amides is 1. The summed E-state index contributed by atoms with van der Waals surface area (Å²) in [5.74, 6) is 0.908. The zero-order chi connectivity index (χ0) is 20.5. The standard InChI is InChI=1S/C21H20N4O4/c1-22-20(26)19(25-27-2)15-8-10-17(11-9-15)29-18-7-4-3-6-16(18)14-28-21-23-12-5-13-24-21/h3-13H,14H2,1-2H3,(H,22,26)/b25-19+. The van der Waals surface area contributed by atoms with E-state index in [0.29, 0.717) is 23.1 Å². The van der Waals surface area contributed by atoms with Crippen LogP contribution in [-0.2, 0) is 16.2 Å². The Balaban J connectivity index is 1.73. The van der Waals surface area contributed by atoms with Crippen LogP contribution in [-0.4, -0.2) is 35.7 Å². The van der Waals surface area contributed by atoms with Crippen molar-refractivity contribution in [2.24, 2.45) is 5.16 Å². The normalized spacial score (nSPS) is 10.9. The minimum Gasteiger partial charge on any atom is -0.458 e. The maximum atomic E-state index is 11.9. The van der Waals surface area contributed by atoms with Crippen molar-refractivity contribution in [3.05, 3.63) is 78.1 Å². The second-order valence-electron chi connectivity index (χ2n) is 5.76. The van der Waals surface area contributed by atoms with Gasteiger partial charge in [-0.1, -0.05) is 23.4 Å². The van der Waals surface area contributed by atoms with E-state index in [1.165, 1.54) is 14.2 Å². The number of hydrogen-bond acceptors (Lipinski definition) is 7. The molecule has 0 aliphatic heterocycles. The lowest BCUT2D eigenvalue weighted by atomic mass is 10.1. The van der Waals surface area contributed by atoms with Crippen LogP contribution in [0.2, 0.25) is 0 Å². The molecule has 8 nitrogen and oxygen atoms in total. The van der Waals surface area contributed by atoms with Crippen LogP contribution in [0.5, 0.6) is 17.5 Å². The van der Waals surface area contributed by atoms with Crippen LogP contribution in [0.1, 0.15) is 11.1 Å². The maximum Gasteiger partial charge on any atom is 0.316 e. The van der Waals surface area contributed by atoms with Gasteiger partial charge in [-0.25, -0.2) is 9.97 Å². The van der Waals surface area contributed by atoms with Gasteiger partial charge in [-0.05, 0) is 36.4 Å². The molecule has 29 heavy (non-hydrogen) atoms. The minimum absolute atomic E-state index is 0.179. The van der Waals surface area contributed by atoms with Gasteiger partial charge in [-0.3, -0.25) is 4.79 Å². The van der Waals surface area contributed by atoms with E-state index >= 15 is 0 Å². The Labute approximate surface area is 168 Å². The number of aromatic nitrogens is 2. The van der Waals surface area contributed by atoms with Gasteiger partial charge in [-0.2, -0.15) is 0 Å². The van der Waals surface area contributed by atoms with Crippen molar-refractivity contribution in [3.8, 4) is 17.5 Å². The lowest BCUT2D eigenvalue weighted by Crippen LogP contribution is -2.28. The monoisotopic (exact) mass is 392 g/mol. The number of rotatable bonds is 8. The number of nitrogens with one attached hydrogen (secondary N) is 1. The van der Waals surface area contributed by atoms with Crippen LogP contribution < -0.4 is 14.8 Å². The van der Waals surface area contributed by atoms with Crippen LogP contribution in [0.3, 0.4) is 0 Å². The van der Waals surface area contributed by atoms with E-state index in [0.717, 1.165) is 5.56 Å². The number of benzene rings is 2. The van der Waals surface area contributed by atoms with Crippen molar-refractivity contribution in [1.29, 1.82) is 0 Å². The molecule has 0 spiro atoms. The number of carbonyl (C=O) groups is 1. The molecule has 0 unspecified atom stereocenters. The maximum absolute atomic E-state index is 11.9. The summed E-state index contributed by atoms with van der Waals surface area (Å²) in [6.07, 6.45) is 3.23. The molecule has 0 aliphatic carbocycles. The van der Waals surface area contributed by atoms with Crippen molar-refractivity contribution < 1.29 is 19.1 Å². The van der Waals surface area contributed by atoms with E-state index in [9.17, 15) is 4.79 Å². The average molecular weight is 392 g/mol. The van der Waals surface area contributed by atoms with Crippen LogP contribution in [0, 0.1) is 0 Å². The molecule has 1 N–H and O–H groups in total. The third kappa shape index (κ3) is 5.29. The summed E-state index contributed by atoms with van der Waals surface area (Å²) in [7, 11) is 2.92. The largest absolute Gasteiger partial charge is 0.458 e. The van der Waals surface area contributed by atoms with E-state index < -0.39 is 0 Å². The molecule has 3 aromatic rings. The number of nitrogens with zero attached hydrogens (tertiary/aromatic N) is 3. The van der Waals surface area contributed by atoms with Crippen molar-refractivity contribution in [3.63, 3.8) is 0 Å². The van der Waals surface area contributed by atoms with Gasteiger partial charge < -0.3 is 19.6 Å². The molecule has 8 heteroatoms. The summed E-state index contributed by atoms with van der Waals surface area (Å²) in [4.78, 5) is 24.8. The fraction of sp³-hybridized carbons (Fsp3) is 0.143. The Morgan fingerprint density at radius 1 is 1.03 bits per heavy atom. The summed E-state index contributed by atoms with van der Waals surface area (Å²) < 4.78 is 11.6. The molecule has 148 valence electrons. The Morgan fingerprint density at radius 2 is 1.76 bits per heavy atom. The number of likely N-dealkylation sites (N-methyl/N-ethyl adjacent to an activating group) is 1.